The number of nitrogens with zero attached hydrogens (tertiary/aromatic N) is 3. The van der Waals surface area contributed by atoms with Crippen LogP contribution in [0.4, 0.5) is 0 Å². The van der Waals surface area contributed by atoms with Crippen molar-refractivity contribution >= 4 is 23.5 Å². The first kappa shape index (κ1) is 16.2. The standard InChI is InChI=1S/C10H17N5O4S/c1-10(2,5-16)12-6(17)4-20-9-7(14-19-15-9)8(11-3)13-18/h16,18H,4-5H2,1-3H3,(H,11,13)(H,12,17). The summed E-state index contributed by atoms with van der Waals surface area (Å²) < 4.78 is 4.56. The predicted octanol–water partition coefficient (Wildman–Crippen LogP) is -0.596. The maximum atomic E-state index is 11.7. The molecule has 1 heterocycles. The van der Waals surface area contributed by atoms with Gasteiger partial charge in [0, 0.05) is 7.05 Å². The molecule has 1 aromatic rings. The number of amidine groups is 1. The molecule has 0 saturated heterocycles. The molecule has 20 heavy (non-hydrogen) atoms. The van der Waals surface area contributed by atoms with E-state index in [0.29, 0.717) is 5.03 Å². The minimum atomic E-state index is -0.689. The highest BCUT2D eigenvalue weighted by Gasteiger charge is 2.21. The van der Waals surface area contributed by atoms with E-state index in [1.165, 1.54) is 0 Å². The predicted molar refractivity (Wildman–Crippen MR) is 71.7 cm³/mol. The SMILES string of the molecule is CN/C(=N\O)c1nonc1SCC(=O)NC(C)(C)CO. The van der Waals surface area contributed by atoms with Crippen LogP contribution in [0.2, 0.25) is 0 Å². The van der Waals surface area contributed by atoms with Gasteiger partial charge in [0.1, 0.15) is 0 Å². The van der Waals surface area contributed by atoms with Gasteiger partial charge in [-0.2, -0.15) is 0 Å². The number of carbonyl (C=O) groups is 1. The van der Waals surface area contributed by atoms with Gasteiger partial charge in [-0.15, -0.1) is 0 Å². The van der Waals surface area contributed by atoms with Crippen LogP contribution in [0.5, 0.6) is 0 Å². The van der Waals surface area contributed by atoms with Gasteiger partial charge in [-0.3, -0.25) is 4.79 Å². The number of rotatable bonds is 6. The molecule has 0 fully saturated rings. The number of nitrogens with one attached hydrogen (secondary N) is 2. The molecule has 0 spiro atoms. The van der Waals surface area contributed by atoms with E-state index < -0.39 is 5.54 Å². The summed E-state index contributed by atoms with van der Waals surface area (Å²) in [6.07, 6.45) is 0. The number of hydrogen-bond acceptors (Lipinski definition) is 8. The molecule has 1 aromatic heterocycles. The van der Waals surface area contributed by atoms with Crippen LogP contribution in [0.15, 0.2) is 14.8 Å². The number of aliphatic hydroxyl groups is 1. The Bertz CT molecular complexity index is 488. The van der Waals surface area contributed by atoms with Gasteiger partial charge < -0.3 is 20.9 Å². The number of aromatic nitrogens is 2. The van der Waals surface area contributed by atoms with Crippen LogP contribution in [0.25, 0.3) is 0 Å². The molecule has 112 valence electrons. The Balaban J connectivity index is 2.63. The molecule has 0 unspecified atom stereocenters. The number of aliphatic hydroxyl groups excluding tert-OH is 1. The average Bonchev–Trinajstić information content (AvgIpc) is 2.86. The van der Waals surface area contributed by atoms with Gasteiger partial charge in [0.25, 0.3) is 0 Å². The lowest BCUT2D eigenvalue weighted by molar-refractivity contribution is -0.120. The van der Waals surface area contributed by atoms with Crippen molar-refractivity contribution in [3.63, 3.8) is 0 Å². The average molecular weight is 303 g/mol. The Morgan fingerprint density at radius 3 is 2.75 bits per heavy atom. The summed E-state index contributed by atoms with van der Waals surface area (Å²) in [5, 5.41) is 33.7. The second-order valence-corrected chi connectivity index (χ2v) is 5.46. The van der Waals surface area contributed by atoms with Crippen molar-refractivity contribution in [3.8, 4) is 0 Å². The summed E-state index contributed by atoms with van der Waals surface area (Å²) in [6.45, 7) is 3.24. The molecule has 0 aliphatic heterocycles. The highest BCUT2D eigenvalue weighted by Crippen LogP contribution is 2.19. The Kier molecular flexibility index (Phi) is 5.77. The van der Waals surface area contributed by atoms with Gasteiger partial charge in [-0.1, -0.05) is 16.9 Å². The van der Waals surface area contributed by atoms with E-state index in [4.69, 9.17) is 10.3 Å². The van der Waals surface area contributed by atoms with Crippen LogP contribution in [-0.4, -0.2) is 57.3 Å². The maximum Gasteiger partial charge on any atom is 0.230 e. The van der Waals surface area contributed by atoms with Crippen molar-refractivity contribution in [1.29, 1.82) is 0 Å². The van der Waals surface area contributed by atoms with Crippen LogP contribution < -0.4 is 10.6 Å². The molecule has 0 bridgehead atoms. The molecule has 0 atom stereocenters. The number of hydrogen-bond donors (Lipinski definition) is 4. The largest absolute Gasteiger partial charge is 0.409 e. The lowest BCUT2D eigenvalue weighted by Crippen LogP contribution is -2.47. The molecule has 10 heteroatoms. The third kappa shape index (κ3) is 4.38. The van der Waals surface area contributed by atoms with E-state index in [0.717, 1.165) is 11.8 Å². The third-order valence-corrected chi connectivity index (χ3v) is 3.18. The lowest BCUT2D eigenvalue weighted by atomic mass is 10.1. The minimum absolute atomic E-state index is 0.0626. The van der Waals surface area contributed by atoms with Crippen molar-refractivity contribution in [1.82, 2.24) is 20.9 Å². The second-order valence-electron chi connectivity index (χ2n) is 4.50. The summed E-state index contributed by atoms with van der Waals surface area (Å²) in [5.74, 6) is -0.118. The first-order valence-corrected chi connectivity index (χ1v) is 6.69. The van der Waals surface area contributed by atoms with Gasteiger partial charge in [-0.25, -0.2) is 4.63 Å². The number of oxime groups is 1. The summed E-state index contributed by atoms with van der Waals surface area (Å²) in [5.41, 5.74) is -0.472. The number of thioether (sulfide) groups is 1. The van der Waals surface area contributed by atoms with E-state index in [1.807, 2.05) is 0 Å². The van der Waals surface area contributed by atoms with Gasteiger partial charge in [-0.05, 0) is 24.2 Å². The number of carbonyl (C=O) groups excluding carboxylic acids is 1. The molecule has 0 aliphatic carbocycles. The minimum Gasteiger partial charge on any atom is -0.409 e. The van der Waals surface area contributed by atoms with E-state index in [1.54, 1.807) is 20.9 Å². The molecular weight excluding hydrogens is 286 g/mol. The zero-order valence-corrected chi connectivity index (χ0v) is 12.2. The summed E-state index contributed by atoms with van der Waals surface area (Å²) in [6, 6.07) is 0. The van der Waals surface area contributed by atoms with Gasteiger partial charge in [0.2, 0.25) is 5.91 Å². The van der Waals surface area contributed by atoms with Crippen LogP contribution in [0, 0.1) is 0 Å². The fraction of sp³-hybridized carbons (Fsp3) is 0.600. The smallest absolute Gasteiger partial charge is 0.230 e. The van der Waals surface area contributed by atoms with Crippen molar-refractivity contribution in [3.05, 3.63) is 5.69 Å². The Morgan fingerprint density at radius 2 is 2.20 bits per heavy atom. The molecular formula is C10H17N5O4S. The van der Waals surface area contributed by atoms with Crippen LogP contribution in [0.1, 0.15) is 19.5 Å². The van der Waals surface area contributed by atoms with Crippen LogP contribution >= 0.6 is 11.8 Å². The molecule has 1 rings (SSSR count). The topological polar surface area (TPSA) is 133 Å². The Labute approximate surface area is 119 Å². The van der Waals surface area contributed by atoms with Gasteiger partial charge in [0.05, 0.1) is 17.9 Å². The van der Waals surface area contributed by atoms with E-state index >= 15 is 0 Å². The van der Waals surface area contributed by atoms with E-state index in [9.17, 15) is 4.79 Å². The zero-order valence-electron chi connectivity index (χ0n) is 11.4. The summed E-state index contributed by atoms with van der Waals surface area (Å²) >= 11 is 1.08. The van der Waals surface area contributed by atoms with Crippen molar-refractivity contribution in [2.45, 2.75) is 24.4 Å². The van der Waals surface area contributed by atoms with Crippen molar-refractivity contribution < 1.29 is 19.7 Å². The summed E-state index contributed by atoms with van der Waals surface area (Å²) in [4.78, 5) is 11.7. The Morgan fingerprint density at radius 1 is 1.50 bits per heavy atom. The third-order valence-electron chi connectivity index (χ3n) is 2.23. The van der Waals surface area contributed by atoms with Crippen molar-refractivity contribution in [2.24, 2.45) is 5.16 Å². The van der Waals surface area contributed by atoms with Crippen LogP contribution in [-0.2, 0) is 4.79 Å². The zero-order chi connectivity index (χ0) is 15.2. The lowest BCUT2D eigenvalue weighted by Gasteiger charge is -2.23. The highest BCUT2D eigenvalue weighted by atomic mass is 32.2. The summed E-state index contributed by atoms with van der Waals surface area (Å²) in [7, 11) is 1.55. The van der Waals surface area contributed by atoms with Crippen LogP contribution in [0.3, 0.4) is 0 Å². The second kappa shape index (κ2) is 7.10. The molecule has 9 nitrogen and oxygen atoms in total. The highest BCUT2D eigenvalue weighted by molar-refractivity contribution is 8.00. The van der Waals surface area contributed by atoms with Gasteiger partial charge >= 0.3 is 0 Å². The maximum absolute atomic E-state index is 11.7. The molecule has 1 amide bonds. The molecule has 4 N–H and O–H groups in total. The normalized spacial score (nSPS) is 12.3. The van der Waals surface area contributed by atoms with Gasteiger partial charge in [0.15, 0.2) is 16.6 Å². The first-order valence-electron chi connectivity index (χ1n) is 5.71. The molecule has 0 saturated carbocycles. The number of amides is 1. The fourth-order valence-corrected chi connectivity index (χ4v) is 1.92. The Hall–Kier alpha value is -1.81. The first-order chi connectivity index (χ1) is 9.43. The monoisotopic (exact) mass is 303 g/mol. The molecule has 0 aliphatic rings. The van der Waals surface area contributed by atoms with Crippen molar-refractivity contribution in [2.75, 3.05) is 19.4 Å². The quantitative estimate of drug-likeness (QED) is 0.180. The van der Waals surface area contributed by atoms with E-state index in [-0.39, 0.29) is 29.8 Å². The molecule has 0 radical (unpaired) electrons. The fourth-order valence-electron chi connectivity index (χ4n) is 1.22. The molecule has 0 aromatic carbocycles. The van der Waals surface area contributed by atoms with E-state index in [2.05, 4.69) is 30.7 Å².